The van der Waals surface area contributed by atoms with Crippen molar-refractivity contribution in [1.29, 1.82) is 0 Å². The number of nitrogens with zero attached hydrogens (tertiary/aromatic N) is 3. The van der Waals surface area contributed by atoms with Crippen LogP contribution in [-0.2, 0) is 12.7 Å². The number of hydrogen-bond acceptors (Lipinski definition) is 4. The summed E-state index contributed by atoms with van der Waals surface area (Å²) in [7, 11) is 1.54. The minimum Gasteiger partial charge on any atom is -0.508 e. The Bertz CT molecular complexity index is 1520. The lowest BCUT2D eigenvalue weighted by Crippen LogP contribution is -2.61. The lowest BCUT2D eigenvalue weighted by molar-refractivity contribution is -0.904. The van der Waals surface area contributed by atoms with Crippen LogP contribution in [0.1, 0.15) is 60.6 Å². The average molecular weight is 555 g/mol. The highest BCUT2D eigenvalue weighted by molar-refractivity contribution is 5.93. The van der Waals surface area contributed by atoms with Crippen LogP contribution in [0.3, 0.4) is 0 Å². The van der Waals surface area contributed by atoms with E-state index >= 15 is 0 Å². The van der Waals surface area contributed by atoms with Crippen molar-refractivity contribution in [3.63, 3.8) is 0 Å². The molecule has 0 bridgehead atoms. The van der Waals surface area contributed by atoms with Gasteiger partial charge < -0.3 is 9.84 Å². The van der Waals surface area contributed by atoms with Crippen molar-refractivity contribution in [3.8, 4) is 17.2 Å². The molecule has 0 aliphatic rings. The summed E-state index contributed by atoms with van der Waals surface area (Å²) in [5.74, 6) is 0.833. The van der Waals surface area contributed by atoms with Crippen molar-refractivity contribution in [2.45, 2.75) is 66.3 Å². The average Bonchev–Trinajstić information content (AvgIpc) is 3.23. The van der Waals surface area contributed by atoms with Gasteiger partial charge in [-0.25, -0.2) is 14.3 Å². The Balaban J connectivity index is 2.02. The maximum absolute atomic E-state index is 14.5. The monoisotopic (exact) mass is 554 g/mol. The van der Waals surface area contributed by atoms with Crippen LogP contribution >= 0.6 is 0 Å². The van der Waals surface area contributed by atoms with E-state index in [9.17, 15) is 23.1 Å². The van der Waals surface area contributed by atoms with Gasteiger partial charge in [0.15, 0.2) is 5.82 Å². The Hall–Kier alpha value is -3.85. The van der Waals surface area contributed by atoms with Crippen molar-refractivity contribution in [2.75, 3.05) is 7.11 Å². The fraction of sp³-hybridized carbons (Fsp3) is 0.355. The standard InChI is InChI=1S/C31H34F3N3O3/c1-18(2)37(19(3)4,30(39)28-20(5)15-23(38)16-21(28)6)17-27-35-29-25(31(32,33)34)9-8-10-26(29)36(27)22-11-13-24(40-7)14-12-22/h8-16,18-19H,17H2,1-7H3/p+1. The molecular weight excluding hydrogens is 519 g/mol. The molecule has 3 aromatic carbocycles. The van der Waals surface area contributed by atoms with E-state index in [4.69, 9.17) is 4.74 Å². The van der Waals surface area contributed by atoms with Crippen LogP contribution in [0.15, 0.2) is 54.6 Å². The molecule has 4 rings (SSSR count). The molecule has 6 nitrogen and oxygen atoms in total. The number of phenols is 1. The van der Waals surface area contributed by atoms with Gasteiger partial charge in [-0.2, -0.15) is 13.2 Å². The third-order valence-electron chi connectivity index (χ3n) is 7.75. The van der Waals surface area contributed by atoms with Gasteiger partial charge in [0, 0.05) is 5.69 Å². The summed E-state index contributed by atoms with van der Waals surface area (Å²) in [5, 5.41) is 10.1. The number of phenolic OH excluding ortho intramolecular Hbond substituents is 1. The molecule has 0 radical (unpaired) electrons. The van der Waals surface area contributed by atoms with Gasteiger partial charge in [0.2, 0.25) is 0 Å². The minimum absolute atomic E-state index is 0.0475. The minimum atomic E-state index is -4.60. The number of aromatic nitrogens is 2. The van der Waals surface area contributed by atoms with E-state index in [1.807, 2.05) is 27.7 Å². The molecule has 4 aromatic rings. The first-order chi connectivity index (χ1) is 18.7. The Labute approximate surface area is 232 Å². The van der Waals surface area contributed by atoms with Crippen LogP contribution in [0, 0.1) is 13.8 Å². The largest absolute Gasteiger partial charge is 0.508 e. The molecule has 0 atom stereocenters. The zero-order valence-electron chi connectivity index (χ0n) is 23.8. The van der Waals surface area contributed by atoms with Crippen LogP contribution in [0.5, 0.6) is 11.5 Å². The Morgan fingerprint density at radius 3 is 2.08 bits per heavy atom. The topological polar surface area (TPSA) is 64.3 Å². The number of carbonyl (C=O) groups is 1. The number of hydrogen-bond donors (Lipinski definition) is 1. The van der Waals surface area contributed by atoms with E-state index in [0.29, 0.717) is 39.5 Å². The van der Waals surface area contributed by atoms with Gasteiger partial charge in [-0.15, -0.1) is 0 Å². The number of carbonyl (C=O) groups excluding carboxylic acids is 1. The number of halogens is 3. The van der Waals surface area contributed by atoms with Gasteiger partial charge in [-0.1, -0.05) is 6.07 Å². The second kappa shape index (κ2) is 10.6. The van der Waals surface area contributed by atoms with Gasteiger partial charge in [-0.3, -0.25) is 4.57 Å². The fourth-order valence-electron chi connectivity index (χ4n) is 5.72. The molecule has 1 heterocycles. The predicted octanol–water partition coefficient (Wildman–Crippen LogP) is 7.35. The van der Waals surface area contributed by atoms with E-state index in [-0.39, 0.29) is 40.3 Å². The molecule has 9 heteroatoms. The maximum atomic E-state index is 14.5. The summed E-state index contributed by atoms with van der Waals surface area (Å²) in [6.45, 7) is 11.3. The molecule has 0 fully saturated rings. The summed E-state index contributed by atoms with van der Waals surface area (Å²) in [6.07, 6.45) is -4.60. The molecule has 40 heavy (non-hydrogen) atoms. The first-order valence-corrected chi connectivity index (χ1v) is 13.2. The Morgan fingerprint density at radius 1 is 1.00 bits per heavy atom. The van der Waals surface area contributed by atoms with Crippen molar-refractivity contribution in [1.82, 2.24) is 9.55 Å². The normalized spacial score (nSPS) is 12.5. The van der Waals surface area contributed by atoms with Gasteiger partial charge >= 0.3 is 12.1 Å². The van der Waals surface area contributed by atoms with E-state index in [0.717, 1.165) is 6.07 Å². The number of imidazole rings is 1. The summed E-state index contributed by atoms with van der Waals surface area (Å²) < 4.78 is 49.1. The van der Waals surface area contributed by atoms with Crippen molar-refractivity contribution < 1.29 is 32.3 Å². The highest BCUT2D eigenvalue weighted by Gasteiger charge is 2.46. The van der Waals surface area contributed by atoms with Crippen LogP contribution in [0.25, 0.3) is 16.7 Å². The number of para-hydroxylation sites is 1. The molecule has 1 amide bonds. The summed E-state index contributed by atoms with van der Waals surface area (Å²) >= 11 is 0. The predicted molar refractivity (Wildman–Crippen MR) is 149 cm³/mol. The molecule has 212 valence electrons. The van der Waals surface area contributed by atoms with E-state index in [1.54, 1.807) is 68.0 Å². The van der Waals surface area contributed by atoms with Crippen LogP contribution in [0.4, 0.5) is 13.2 Å². The SMILES string of the molecule is COc1ccc(-n2c(C[N+](C(=O)c3c(C)cc(O)cc3C)(C(C)C)C(C)C)nc3c(C(F)(F)F)cccc32)cc1. The molecular formula is C31H35F3N3O3+. The van der Waals surface area contributed by atoms with Crippen LogP contribution in [0.2, 0.25) is 0 Å². The molecule has 0 aliphatic heterocycles. The zero-order valence-corrected chi connectivity index (χ0v) is 23.8. The first-order valence-electron chi connectivity index (χ1n) is 13.2. The number of benzene rings is 3. The Kier molecular flexibility index (Phi) is 7.73. The lowest BCUT2D eigenvalue weighted by atomic mass is 9.97. The molecule has 0 unspecified atom stereocenters. The molecule has 0 saturated heterocycles. The lowest BCUT2D eigenvalue weighted by Gasteiger charge is -2.43. The number of methoxy groups -OCH3 is 1. The van der Waals surface area contributed by atoms with Gasteiger partial charge in [0.25, 0.3) is 0 Å². The number of rotatable bonds is 7. The highest BCUT2D eigenvalue weighted by atomic mass is 19.4. The molecule has 1 N–H and O–H groups in total. The molecule has 1 aromatic heterocycles. The van der Waals surface area contributed by atoms with E-state index in [2.05, 4.69) is 4.98 Å². The third kappa shape index (κ3) is 4.94. The fourth-order valence-corrected chi connectivity index (χ4v) is 5.72. The second-order valence-corrected chi connectivity index (χ2v) is 10.8. The zero-order chi connectivity index (χ0) is 29.6. The highest BCUT2D eigenvalue weighted by Crippen LogP contribution is 2.38. The number of ether oxygens (including phenoxy) is 1. The number of alkyl halides is 3. The number of aryl methyl sites for hydroxylation is 2. The van der Waals surface area contributed by atoms with Gasteiger partial charge in [-0.05, 0) is 101 Å². The number of fused-ring (bicyclic) bond motifs is 1. The van der Waals surface area contributed by atoms with Crippen molar-refractivity contribution >= 4 is 16.9 Å². The number of aromatic hydroxyl groups is 1. The maximum Gasteiger partial charge on any atom is 0.418 e. The van der Waals surface area contributed by atoms with Crippen LogP contribution in [-0.4, -0.2) is 44.2 Å². The molecule has 0 saturated carbocycles. The summed E-state index contributed by atoms with van der Waals surface area (Å²) in [5.41, 5.74) is 1.66. The number of quaternary nitrogens is 1. The number of amides is 1. The first kappa shape index (κ1) is 29.1. The van der Waals surface area contributed by atoms with E-state index < -0.39 is 11.7 Å². The van der Waals surface area contributed by atoms with Crippen LogP contribution < -0.4 is 4.74 Å². The Morgan fingerprint density at radius 2 is 1.57 bits per heavy atom. The van der Waals surface area contributed by atoms with Crippen molar-refractivity contribution in [2.24, 2.45) is 0 Å². The summed E-state index contributed by atoms with van der Waals surface area (Å²) in [6, 6.07) is 13.6. The quantitative estimate of drug-likeness (QED) is 0.243. The van der Waals surface area contributed by atoms with Gasteiger partial charge in [0.05, 0.1) is 35.8 Å². The smallest absolute Gasteiger partial charge is 0.418 e. The molecule has 0 spiro atoms. The van der Waals surface area contributed by atoms with Gasteiger partial charge in [0.1, 0.15) is 23.6 Å². The van der Waals surface area contributed by atoms with E-state index in [1.165, 1.54) is 6.07 Å². The van der Waals surface area contributed by atoms with Crippen molar-refractivity contribution in [3.05, 3.63) is 82.7 Å². The summed E-state index contributed by atoms with van der Waals surface area (Å²) in [4.78, 5) is 19.1. The molecule has 0 aliphatic carbocycles. The third-order valence-corrected chi connectivity index (χ3v) is 7.75. The second-order valence-electron chi connectivity index (χ2n) is 10.8.